The van der Waals surface area contributed by atoms with Gasteiger partial charge in [0, 0.05) is 26.3 Å². The van der Waals surface area contributed by atoms with E-state index in [2.05, 4.69) is 33.1 Å². The highest BCUT2D eigenvalue weighted by atomic mass is 32.2. The predicted molar refractivity (Wildman–Crippen MR) is 92.1 cm³/mol. The number of nitrogens with zero attached hydrogens (tertiary/aromatic N) is 2. The van der Waals surface area contributed by atoms with Crippen LogP contribution in [0.1, 0.15) is 26.7 Å². The lowest BCUT2D eigenvalue weighted by molar-refractivity contribution is -0.117. The van der Waals surface area contributed by atoms with E-state index in [0.717, 1.165) is 18.1 Å². The fraction of sp³-hybridized carbons (Fsp3) is 0.692. The summed E-state index contributed by atoms with van der Waals surface area (Å²) >= 11 is 2.64. The van der Waals surface area contributed by atoms with Crippen molar-refractivity contribution in [2.75, 3.05) is 37.4 Å². The lowest BCUT2D eigenvalue weighted by Gasteiger charge is -2.06. The van der Waals surface area contributed by atoms with Crippen molar-refractivity contribution in [2.45, 2.75) is 31.0 Å². The Hall–Kier alpha value is -1.39. The molecule has 0 aliphatic heterocycles. The Morgan fingerprint density at radius 1 is 1.26 bits per heavy atom. The summed E-state index contributed by atoms with van der Waals surface area (Å²) < 4.78 is 5.84. The molecule has 23 heavy (non-hydrogen) atoms. The Bertz CT molecular complexity index is 484. The van der Waals surface area contributed by atoms with Gasteiger partial charge in [0.1, 0.15) is 0 Å². The highest BCUT2D eigenvalue weighted by Gasteiger charge is 2.10. The molecule has 0 aliphatic carbocycles. The minimum atomic E-state index is -0.491. The normalized spacial score (nSPS) is 10.3. The zero-order chi connectivity index (χ0) is 16.9. The minimum Gasteiger partial charge on any atom is -0.382 e. The fourth-order valence-corrected chi connectivity index (χ4v) is 3.00. The Balaban J connectivity index is 2.15. The van der Waals surface area contributed by atoms with E-state index in [0.29, 0.717) is 30.5 Å². The first kappa shape index (κ1) is 19.7. The molecule has 0 bridgehead atoms. The van der Waals surface area contributed by atoms with Gasteiger partial charge in [-0.05, 0) is 19.8 Å². The van der Waals surface area contributed by atoms with Gasteiger partial charge in [-0.1, -0.05) is 30.0 Å². The second-order valence-corrected chi connectivity index (χ2v) is 6.64. The Morgan fingerprint density at radius 3 is 2.83 bits per heavy atom. The summed E-state index contributed by atoms with van der Waals surface area (Å²) in [5, 5.41) is 16.7. The van der Waals surface area contributed by atoms with E-state index >= 15 is 0 Å². The average Bonchev–Trinajstić information content (AvgIpc) is 2.98. The predicted octanol–water partition coefficient (Wildman–Crippen LogP) is 1.70. The fourth-order valence-electron chi connectivity index (χ4n) is 1.43. The van der Waals surface area contributed by atoms with E-state index in [9.17, 15) is 9.59 Å². The van der Waals surface area contributed by atoms with Gasteiger partial charge in [-0.25, -0.2) is 4.79 Å². The molecule has 0 saturated carbocycles. The summed E-state index contributed by atoms with van der Waals surface area (Å²) in [5.41, 5.74) is 0. The number of aromatic nitrogens is 2. The molecule has 0 aliphatic rings. The van der Waals surface area contributed by atoms with Crippen molar-refractivity contribution in [1.29, 1.82) is 0 Å². The largest absolute Gasteiger partial charge is 0.382 e. The molecule has 3 N–H and O–H groups in total. The number of amides is 3. The second-order valence-electron chi connectivity index (χ2n) is 4.44. The molecule has 0 radical (unpaired) electrons. The van der Waals surface area contributed by atoms with Crippen molar-refractivity contribution in [3.8, 4) is 0 Å². The number of hydrogen-bond donors (Lipinski definition) is 3. The van der Waals surface area contributed by atoms with Crippen molar-refractivity contribution in [2.24, 2.45) is 0 Å². The zero-order valence-electron chi connectivity index (χ0n) is 13.4. The third-order valence-corrected chi connectivity index (χ3v) is 4.48. The molecule has 130 valence electrons. The number of ether oxygens (including phenoxy) is 1. The third-order valence-electron chi connectivity index (χ3n) is 2.47. The summed E-state index contributed by atoms with van der Waals surface area (Å²) in [4.78, 5) is 23.2. The van der Waals surface area contributed by atoms with Crippen molar-refractivity contribution < 1.29 is 14.3 Å². The van der Waals surface area contributed by atoms with Crippen LogP contribution in [-0.4, -0.2) is 54.2 Å². The van der Waals surface area contributed by atoms with Gasteiger partial charge in [0.05, 0.1) is 5.75 Å². The maximum absolute atomic E-state index is 11.7. The van der Waals surface area contributed by atoms with Crippen LogP contribution in [0.2, 0.25) is 0 Å². The van der Waals surface area contributed by atoms with Crippen LogP contribution >= 0.6 is 23.1 Å². The molecule has 10 heteroatoms. The van der Waals surface area contributed by atoms with Crippen LogP contribution in [0.15, 0.2) is 4.34 Å². The monoisotopic (exact) mass is 361 g/mol. The molecule has 0 saturated heterocycles. The van der Waals surface area contributed by atoms with Gasteiger partial charge in [0.15, 0.2) is 4.34 Å². The summed E-state index contributed by atoms with van der Waals surface area (Å²) in [5.74, 6) is -0.245. The number of anilines is 1. The van der Waals surface area contributed by atoms with Crippen LogP contribution in [0.25, 0.3) is 0 Å². The Kier molecular flexibility index (Phi) is 10.3. The Morgan fingerprint density at radius 2 is 2.09 bits per heavy atom. The van der Waals surface area contributed by atoms with Crippen molar-refractivity contribution in [1.82, 2.24) is 20.8 Å². The molecular formula is C13H23N5O3S2. The van der Waals surface area contributed by atoms with Gasteiger partial charge in [0.25, 0.3) is 0 Å². The summed E-state index contributed by atoms with van der Waals surface area (Å²) in [6, 6.07) is -0.491. The van der Waals surface area contributed by atoms with Crippen LogP contribution in [0, 0.1) is 0 Å². The van der Waals surface area contributed by atoms with E-state index in [1.54, 1.807) is 0 Å². The maximum Gasteiger partial charge on any atom is 0.321 e. The number of thioether (sulfide) groups is 1. The molecule has 1 rings (SSSR count). The van der Waals surface area contributed by atoms with E-state index in [1.165, 1.54) is 23.1 Å². The van der Waals surface area contributed by atoms with Crippen LogP contribution < -0.4 is 16.0 Å². The second kappa shape index (κ2) is 12.1. The molecule has 0 unspecified atom stereocenters. The van der Waals surface area contributed by atoms with Gasteiger partial charge in [0.2, 0.25) is 11.0 Å². The third kappa shape index (κ3) is 9.36. The van der Waals surface area contributed by atoms with Crippen LogP contribution in [-0.2, 0) is 9.53 Å². The average molecular weight is 361 g/mol. The lowest BCUT2D eigenvalue weighted by atomic mass is 10.4. The summed E-state index contributed by atoms with van der Waals surface area (Å²) in [7, 11) is 0. The van der Waals surface area contributed by atoms with Gasteiger partial charge in [-0.2, -0.15) is 0 Å². The van der Waals surface area contributed by atoms with E-state index < -0.39 is 6.03 Å². The molecule has 1 aromatic heterocycles. The number of nitrogens with one attached hydrogen (secondary N) is 3. The summed E-state index contributed by atoms with van der Waals surface area (Å²) in [6.07, 6.45) is 1.71. The van der Waals surface area contributed by atoms with E-state index in [1.807, 2.05) is 6.92 Å². The number of rotatable bonds is 11. The topological polar surface area (TPSA) is 105 Å². The number of urea groups is 1. The first-order chi connectivity index (χ1) is 11.2. The van der Waals surface area contributed by atoms with Gasteiger partial charge >= 0.3 is 6.03 Å². The van der Waals surface area contributed by atoms with Crippen molar-refractivity contribution in [3.63, 3.8) is 0 Å². The molecule has 1 heterocycles. The van der Waals surface area contributed by atoms with Crippen molar-refractivity contribution >= 4 is 40.2 Å². The van der Waals surface area contributed by atoms with Crippen LogP contribution in [0.3, 0.4) is 0 Å². The van der Waals surface area contributed by atoms with Crippen LogP contribution in [0.4, 0.5) is 9.93 Å². The van der Waals surface area contributed by atoms with Crippen LogP contribution in [0.5, 0.6) is 0 Å². The molecule has 1 aromatic rings. The first-order valence-electron chi connectivity index (χ1n) is 7.51. The minimum absolute atomic E-state index is 0.120. The van der Waals surface area contributed by atoms with Gasteiger partial charge in [-0.3, -0.25) is 10.1 Å². The number of imide groups is 1. The zero-order valence-corrected chi connectivity index (χ0v) is 15.0. The molecule has 0 aromatic carbocycles. The smallest absolute Gasteiger partial charge is 0.321 e. The standard InChI is InChI=1S/C13H23N5O3S2/c1-3-6-15-12-17-18-13(23-12)22-9-10(19)16-11(20)14-7-5-8-21-4-2/h3-9H2,1-2H3,(H,15,17)(H2,14,16,19,20). The highest BCUT2D eigenvalue weighted by Crippen LogP contribution is 2.25. The van der Waals surface area contributed by atoms with E-state index in [4.69, 9.17) is 4.74 Å². The molecule has 0 atom stereocenters. The SMILES string of the molecule is CCCNc1nnc(SCC(=O)NC(=O)NCCCOCC)s1. The first-order valence-corrected chi connectivity index (χ1v) is 9.31. The molecular weight excluding hydrogens is 338 g/mol. The number of hydrogen-bond acceptors (Lipinski definition) is 8. The Labute approximate surface area is 144 Å². The maximum atomic E-state index is 11.7. The van der Waals surface area contributed by atoms with Crippen molar-refractivity contribution in [3.05, 3.63) is 0 Å². The highest BCUT2D eigenvalue weighted by molar-refractivity contribution is 8.01. The van der Waals surface area contributed by atoms with Gasteiger partial charge < -0.3 is 15.4 Å². The summed E-state index contributed by atoms with van der Waals surface area (Å²) in [6.45, 7) is 6.53. The molecule has 0 spiro atoms. The molecule has 0 fully saturated rings. The lowest BCUT2D eigenvalue weighted by Crippen LogP contribution is -2.40. The molecule has 8 nitrogen and oxygen atoms in total. The number of carbonyl (C=O) groups is 2. The molecule has 3 amide bonds. The quantitative estimate of drug-likeness (QED) is 0.407. The number of carbonyl (C=O) groups excluding carboxylic acids is 2. The van der Waals surface area contributed by atoms with E-state index in [-0.39, 0.29) is 11.7 Å². The van der Waals surface area contributed by atoms with Gasteiger partial charge in [-0.15, -0.1) is 10.2 Å².